The molecule has 4 saturated carbocycles. The lowest BCUT2D eigenvalue weighted by molar-refractivity contribution is -0.343. The summed E-state index contributed by atoms with van der Waals surface area (Å²) in [6.45, 7) is 20.1. The second-order valence-electron chi connectivity index (χ2n) is 18.1. The maximum Gasteiger partial charge on any atom is 0.312 e. The third-order valence-electron chi connectivity index (χ3n) is 12.4. The Hall–Kier alpha value is -1.79. The van der Waals surface area contributed by atoms with E-state index in [1.54, 1.807) is 14.2 Å². The van der Waals surface area contributed by atoms with E-state index in [1.165, 1.54) is 0 Å². The molecule has 11 nitrogen and oxygen atoms in total. The minimum Gasteiger partial charge on any atom is -0.458 e. The molecule has 0 spiro atoms. The second-order valence-corrected chi connectivity index (χ2v) is 18.1. The fourth-order valence-electron chi connectivity index (χ4n) is 9.25. The summed E-state index contributed by atoms with van der Waals surface area (Å²) < 4.78 is 47.8. The van der Waals surface area contributed by atoms with Gasteiger partial charge in [0.1, 0.15) is 11.7 Å². The number of fused-ring (bicyclic) bond motifs is 1. The van der Waals surface area contributed by atoms with Crippen molar-refractivity contribution in [3.8, 4) is 0 Å². The van der Waals surface area contributed by atoms with Crippen LogP contribution in [0.15, 0.2) is 0 Å². The molecule has 7 aliphatic rings. The summed E-state index contributed by atoms with van der Waals surface area (Å²) in [7, 11) is 3.41. The van der Waals surface area contributed by atoms with Crippen molar-refractivity contribution >= 4 is 17.9 Å². The van der Waals surface area contributed by atoms with Gasteiger partial charge in [-0.1, -0.05) is 41.5 Å². The molecule has 50 heavy (non-hydrogen) atoms. The minimum atomic E-state index is -0.562. The number of hydrogen-bond acceptors (Lipinski definition) is 11. The number of carbonyl (C=O) groups is 3. The zero-order valence-corrected chi connectivity index (χ0v) is 32.6. The van der Waals surface area contributed by atoms with Gasteiger partial charge in [0.25, 0.3) is 0 Å². The van der Waals surface area contributed by atoms with Crippen LogP contribution < -0.4 is 0 Å². The molecule has 7 rings (SSSR count). The molecule has 7 fully saturated rings. The largest absolute Gasteiger partial charge is 0.458 e. The van der Waals surface area contributed by atoms with E-state index in [1.807, 2.05) is 41.5 Å². The third-order valence-corrected chi connectivity index (χ3v) is 12.4. The average Bonchev–Trinajstić information content (AvgIpc) is 3.67. The van der Waals surface area contributed by atoms with Gasteiger partial charge in [0, 0.05) is 45.3 Å². The molecular formula is C39H64O11. The number of hydrogen-bond donors (Lipinski definition) is 0. The normalized spacial score (nSPS) is 37.8. The van der Waals surface area contributed by atoms with E-state index in [0.717, 1.165) is 32.1 Å². The lowest BCUT2D eigenvalue weighted by Crippen LogP contribution is -2.69. The molecule has 0 aromatic heterocycles. The minimum absolute atomic E-state index is 0.119. The molecule has 3 saturated heterocycles. The topological polar surface area (TPSA) is 125 Å². The summed E-state index contributed by atoms with van der Waals surface area (Å²) in [5, 5.41) is 0. The fourth-order valence-corrected chi connectivity index (χ4v) is 9.25. The number of methoxy groups -OCH3 is 2. The molecular weight excluding hydrogens is 644 g/mol. The number of carbonyl (C=O) groups excluding carboxylic acids is 3. The van der Waals surface area contributed by atoms with Gasteiger partial charge in [-0.2, -0.15) is 0 Å². The molecule has 9 unspecified atom stereocenters. The molecule has 3 aliphatic heterocycles. The Morgan fingerprint density at radius 3 is 1.74 bits per heavy atom. The molecule has 0 aromatic rings. The standard InChI is InChI=1S/C26H46O6.C13H18O5/c1-10-23(6,7)22(27)32-26-13-19-11-24(15-26,30-20(28-8)17(2)3)14-25(12-19,16-26)31-21(29-9)18(4)5;1-4-13(2,3)12(15)18-9-7-5-6-8(16-7)10(9)17-11(6)14/h17-21H,10-16H2,1-9H3;6-10H,4-5H2,1-3H3. The molecule has 4 aliphatic carbocycles. The van der Waals surface area contributed by atoms with Gasteiger partial charge in [-0.15, -0.1) is 0 Å². The number of rotatable bonds is 14. The predicted octanol–water partition coefficient (Wildman–Crippen LogP) is 6.52. The quantitative estimate of drug-likeness (QED) is 0.111. The van der Waals surface area contributed by atoms with Crippen molar-refractivity contribution in [2.75, 3.05) is 14.2 Å². The highest BCUT2D eigenvalue weighted by molar-refractivity contribution is 5.79. The first kappa shape index (κ1) is 39.4. The van der Waals surface area contributed by atoms with Gasteiger partial charge in [0.2, 0.25) is 0 Å². The molecule has 0 amide bonds. The summed E-state index contributed by atoms with van der Waals surface area (Å²) in [6, 6.07) is 0. The van der Waals surface area contributed by atoms with Gasteiger partial charge in [0.05, 0.1) is 34.1 Å². The molecule has 0 N–H and O–H groups in total. The van der Waals surface area contributed by atoms with E-state index >= 15 is 0 Å². The van der Waals surface area contributed by atoms with Crippen molar-refractivity contribution in [2.24, 2.45) is 34.5 Å². The predicted molar refractivity (Wildman–Crippen MR) is 184 cm³/mol. The first-order valence-corrected chi connectivity index (χ1v) is 19.0. The molecule has 6 bridgehead atoms. The van der Waals surface area contributed by atoms with Gasteiger partial charge < -0.3 is 37.9 Å². The smallest absolute Gasteiger partial charge is 0.312 e. The summed E-state index contributed by atoms with van der Waals surface area (Å²) in [4.78, 5) is 36.8. The van der Waals surface area contributed by atoms with E-state index in [2.05, 4.69) is 27.7 Å². The van der Waals surface area contributed by atoms with Gasteiger partial charge >= 0.3 is 17.9 Å². The van der Waals surface area contributed by atoms with Crippen LogP contribution in [0.25, 0.3) is 0 Å². The third kappa shape index (κ3) is 7.50. The van der Waals surface area contributed by atoms with E-state index in [4.69, 9.17) is 37.9 Å². The van der Waals surface area contributed by atoms with Crippen LogP contribution >= 0.6 is 0 Å². The van der Waals surface area contributed by atoms with Gasteiger partial charge in [-0.25, -0.2) is 0 Å². The zero-order chi connectivity index (χ0) is 37.0. The van der Waals surface area contributed by atoms with E-state index in [9.17, 15) is 14.4 Å². The van der Waals surface area contributed by atoms with E-state index in [0.29, 0.717) is 31.6 Å². The Morgan fingerprint density at radius 1 is 0.780 bits per heavy atom. The molecule has 3 heterocycles. The van der Waals surface area contributed by atoms with Crippen LogP contribution in [0.5, 0.6) is 0 Å². The van der Waals surface area contributed by atoms with Crippen LogP contribution in [0.1, 0.15) is 127 Å². The van der Waals surface area contributed by atoms with Gasteiger partial charge in [-0.05, 0) is 72.1 Å². The first-order valence-electron chi connectivity index (χ1n) is 19.0. The van der Waals surface area contributed by atoms with Crippen molar-refractivity contribution in [3.05, 3.63) is 0 Å². The molecule has 11 heteroatoms. The van der Waals surface area contributed by atoms with Crippen molar-refractivity contribution in [3.63, 3.8) is 0 Å². The van der Waals surface area contributed by atoms with Crippen LogP contribution in [-0.4, -0.2) is 85.9 Å². The van der Waals surface area contributed by atoms with Crippen molar-refractivity contribution in [2.45, 2.75) is 181 Å². The highest BCUT2D eigenvalue weighted by Crippen LogP contribution is 2.64. The van der Waals surface area contributed by atoms with E-state index < -0.39 is 39.8 Å². The Balaban J connectivity index is 0.000000226. The van der Waals surface area contributed by atoms with Crippen molar-refractivity contribution in [1.82, 2.24) is 0 Å². The van der Waals surface area contributed by atoms with Crippen LogP contribution in [0, 0.1) is 34.5 Å². The first-order chi connectivity index (χ1) is 23.3. The molecule has 9 atom stereocenters. The summed E-state index contributed by atoms with van der Waals surface area (Å²) >= 11 is 0. The number of esters is 3. The summed E-state index contributed by atoms with van der Waals surface area (Å²) in [6.07, 6.45) is 5.28. The maximum absolute atomic E-state index is 13.2. The van der Waals surface area contributed by atoms with Crippen LogP contribution in [0.2, 0.25) is 0 Å². The summed E-state index contributed by atoms with van der Waals surface area (Å²) in [5.41, 5.74) is -2.42. The zero-order valence-electron chi connectivity index (χ0n) is 32.6. The maximum atomic E-state index is 13.2. The van der Waals surface area contributed by atoms with Crippen molar-refractivity contribution in [1.29, 1.82) is 0 Å². The monoisotopic (exact) mass is 708 g/mol. The summed E-state index contributed by atoms with van der Waals surface area (Å²) in [5.74, 6) is 0.125. The molecule has 0 aromatic carbocycles. The van der Waals surface area contributed by atoms with Crippen LogP contribution in [0.3, 0.4) is 0 Å². The SMILES string of the molecule is CCC(C)(C)C(=O)OC12CC3CC(OC(OC)C(C)C)(C1)CC(OC(OC)C(C)C)(C3)C2.CCC(C)(C)C(=O)OC1C2CC3C(=O)OC1C3O2. The fraction of sp³-hybridized carbons (Fsp3) is 0.923. The Kier molecular flexibility index (Phi) is 11.2. The lowest BCUT2D eigenvalue weighted by Gasteiger charge is -2.65. The van der Waals surface area contributed by atoms with Gasteiger partial charge in [-0.3, -0.25) is 14.4 Å². The van der Waals surface area contributed by atoms with Crippen LogP contribution in [-0.2, 0) is 52.3 Å². The van der Waals surface area contributed by atoms with Gasteiger partial charge in [0.15, 0.2) is 24.8 Å². The number of ether oxygens (including phenoxy) is 8. The lowest BCUT2D eigenvalue weighted by atomic mass is 9.50. The molecule has 0 radical (unpaired) electrons. The Bertz CT molecular complexity index is 1220. The Labute approximate surface area is 299 Å². The highest BCUT2D eigenvalue weighted by atomic mass is 16.7. The van der Waals surface area contributed by atoms with Crippen molar-refractivity contribution < 1.29 is 52.3 Å². The molecule has 286 valence electrons. The second kappa shape index (κ2) is 14.2. The van der Waals surface area contributed by atoms with Crippen LogP contribution in [0.4, 0.5) is 0 Å². The Morgan fingerprint density at radius 2 is 1.26 bits per heavy atom. The van der Waals surface area contributed by atoms with E-state index in [-0.39, 0.29) is 60.4 Å². The average molecular weight is 709 g/mol. The highest BCUT2D eigenvalue weighted by Gasteiger charge is 2.68.